The van der Waals surface area contributed by atoms with Crippen LogP contribution in [-0.4, -0.2) is 34.4 Å². The van der Waals surface area contributed by atoms with Gasteiger partial charge in [0.1, 0.15) is 5.84 Å². The fraction of sp³-hybridized carbons (Fsp3) is 0.333. The number of fused-ring (bicyclic) bond motifs is 1. The van der Waals surface area contributed by atoms with E-state index in [1.54, 1.807) is 18.4 Å². The molecule has 0 aromatic heterocycles. The third kappa shape index (κ3) is 1.24. The van der Waals surface area contributed by atoms with E-state index >= 15 is 0 Å². The molecule has 0 radical (unpaired) electrons. The number of rotatable bonds is 1. The van der Waals surface area contributed by atoms with Gasteiger partial charge in [0.15, 0.2) is 0 Å². The first-order valence-corrected chi connectivity index (χ1v) is 4.14. The lowest BCUT2D eigenvalue weighted by Crippen LogP contribution is -2.30. The molecule has 0 spiro atoms. The van der Waals surface area contributed by atoms with Gasteiger partial charge in [0, 0.05) is 6.20 Å². The highest BCUT2D eigenvalue weighted by Gasteiger charge is 2.24. The van der Waals surface area contributed by atoms with Gasteiger partial charge in [-0.25, -0.2) is 4.79 Å². The molecule has 1 unspecified atom stereocenters. The summed E-state index contributed by atoms with van der Waals surface area (Å²) in [6.07, 6.45) is 4.98. The van der Waals surface area contributed by atoms with Crippen molar-refractivity contribution in [1.29, 1.82) is 0 Å². The molecule has 2 rings (SSSR count). The van der Waals surface area contributed by atoms with Gasteiger partial charge in [-0.05, 0) is 19.1 Å². The van der Waals surface area contributed by atoms with E-state index in [1.807, 2.05) is 4.90 Å². The molecule has 0 amide bonds. The summed E-state index contributed by atoms with van der Waals surface area (Å²) in [7, 11) is 0. The van der Waals surface area contributed by atoms with Crippen LogP contribution in [0.25, 0.3) is 0 Å². The lowest BCUT2D eigenvalue weighted by atomic mass is 10.1. The summed E-state index contributed by atoms with van der Waals surface area (Å²) in [5, 5.41) is 8.73. The summed E-state index contributed by atoms with van der Waals surface area (Å²) in [5.74, 6) is -0.148. The molecular formula is C9H10N2O2. The number of aliphatic carboxylic acids is 1. The predicted molar refractivity (Wildman–Crippen MR) is 48.5 cm³/mol. The van der Waals surface area contributed by atoms with Crippen LogP contribution < -0.4 is 0 Å². The summed E-state index contributed by atoms with van der Waals surface area (Å²) in [6.45, 7) is 2.80. The number of amidine groups is 1. The molecule has 13 heavy (non-hydrogen) atoms. The van der Waals surface area contributed by atoms with Crippen molar-refractivity contribution >= 4 is 11.8 Å². The number of aliphatic imine (C=N–C) groups is 1. The Morgan fingerprint density at radius 3 is 3.23 bits per heavy atom. The van der Waals surface area contributed by atoms with Crippen molar-refractivity contribution in [3.05, 3.63) is 23.9 Å². The minimum atomic E-state index is -0.904. The molecule has 2 aliphatic heterocycles. The van der Waals surface area contributed by atoms with Gasteiger partial charge in [0.2, 0.25) is 0 Å². The molecule has 0 bridgehead atoms. The smallest absolute Gasteiger partial charge is 0.335 e. The Balaban J connectivity index is 2.29. The van der Waals surface area contributed by atoms with Gasteiger partial charge in [-0.15, -0.1) is 0 Å². The summed E-state index contributed by atoms with van der Waals surface area (Å²) >= 11 is 0. The summed E-state index contributed by atoms with van der Waals surface area (Å²) in [6, 6.07) is 0.345. The van der Waals surface area contributed by atoms with Crippen molar-refractivity contribution in [1.82, 2.24) is 4.90 Å². The molecule has 4 nitrogen and oxygen atoms in total. The monoisotopic (exact) mass is 178 g/mol. The third-order valence-corrected chi connectivity index (χ3v) is 2.20. The van der Waals surface area contributed by atoms with Crippen LogP contribution in [0.15, 0.2) is 28.9 Å². The molecule has 1 atom stereocenters. The van der Waals surface area contributed by atoms with E-state index in [2.05, 4.69) is 11.9 Å². The van der Waals surface area contributed by atoms with E-state index in [1.165, 1.54) is 0 Å². The first kappa shape index (κ1) is 8.04. The van der Waals surface area contributed by atoms with Crippen molar-refractivity contribution in [2.45, 2.75) is 13.0 Å². The van der Waals surface area contributed by atoms with Crippen LogP contribution in [0.2, 0.25) is 0 Å². The SMILES string of the molecule is CC1CN=C2C=C(C(=O)O)C=CN21. The summed E-state index contributed by atoms with van der Waals surface area (Å²) in [4.78, 5) is 16.8. The Hall–Kier alpha value is -1.58. The van der Waals surface area contributed by atoms with Crippen LogP contribution in [0.4, 0.5) is 0 Å². The number of carboxylic acids is 1. The predicted octanol–water partition coefficient (Wildman–Crippen LogP) is 0.627. The van der Waals surface area contributed by atoms with Gasteiger partial charge in [-0.1, -0.05) is 0 Å². The number of hydrogen-bond acceptors (Lipinski definition) is 3. The maximum atomic E-state index is 10.6. The zero-order valence-corrected chi connectivity index (χ0v) is 7.27. The van der Waals surface area contributed by atoms with E-state index < -0.39 is 5.97 Å². The average molecular weight is 178 g/mol. The summed E-state index contributed by atoms with van der Waals surface area (Å²) < 4.78 is 0. The van der Waals surface area contributed by atoms with E-state index in [0.29, 0.717) is 11.6 Å². The van der Waals surface area contributed by atoms with Crippen molar-refractivity contribution in [3.63, 3.8) is 0 Å². The first-order valence-electron chi connectivity index (χ1n) is 4.14. The van der Waals surface area contributed by atoms with Crippen molar-refractivity contribution in [2.75, 3.05) is 6.54 Å². The van der Waals surface area contributed by atoms with Crippen LogP contribution in [0.3, 0.4) is 0 Å². The van der Waals surface area contributed by atoms with E-state index in [9.17, 15) is 4.79 Å². The van der Waals surface area contributed by atoms with Crippen molar-refractivity contribution in [2.24, 2.45) is 4.99 Å². The third-order valence-electron chi connectivity index (χ3n) is 2.20. The lowest BCUT2D eigenvalue weighted by molar-refractivity contribution is -0.132. The number of nitrogens with zero attached hydrogens (tertiary/aromatic N) is 2. The van der Waals surface area contributed by atoms with E-state index in [0.717, 1.165) is 12.4 Å². The largest absolute Gasteiger partial charge is 0.478 e. The molecule has 4 heteroatoms. The molecule has 1 N–H and O–H groups in total. The van der Waals surface area contributed by atoms with E-state index in [-0.39, 0.29) is 0 Å². The molecule has 68 valence electrons. The highest BCUT2D eigenvalue weighted by molar-refractivity contribution is 6.04. The second-order valence-electron chi connectivity index (χ2n) is 3.18. The fourth-order valence-corrected chi connectivity index (χ4v) is 1.45. The highest BCUT2D eigenvalue weighted by atomic mass is 16.4. The molecule has 0 aliphatic carbocycles. The van der Waals surface area contributed by atoms with Crippen LogP contribution in [0, 0.1) is 0 Å². The summed E-state index contributed by atoms with van der Waals surface area (Å²) in [5.41, 5.74) is 0.295. The zero-order valence-electron chi connectivity index (χ0n) is 7.27. The highest BCUT2D eigenvalue weighted by Crippen LogP contribution is 2.17. The second-order valence-corrected chi connectivity index (χ2v) is 3.18. The van der Waals surface area contributed by atoms with Crippen LogP contribution in [0.1, 0.15) is 6.92 Å². The van der Waals surface area contributed by atoms with Crippen LogP contribution in [-0.2, 0) is 4.79 Å². The Morgan fingerprint density at radius 2 is 2.54 bits per heavy atom. The molecule has 2 aliphatic rings. The van der Waals surface area contributed by atoms with Gasteiger partial charge in [0.05, 0.1) is 18.2 Å². The maximum Gasteiger partial charge on any atom is 0.335 e. The minimum Gasteiger partial charge on any atom is -0.478 e. The molecular weight excluding hydrogens is 168 g/mol. The van der Waals surface area contributed by atoms with Gasteiger partial charge >= 0.3 is 5.97 Å². The fourth-order valence-electron chi connectivity index (χ4n) is 1.45. The molecule has 0 aromatic carbocycles. The maximum absolute atomic E-state index is 10.6. The minimum absolute atomic E-state index is 0.295. The second kappa shape index (κ2) is 2.73. The molecule has 0 aromatic rings. The number of hydrogen-bond donors (Lipinski definition) is 1. The molecule has 0 saturated heterocycles. The quantitative estimate of drug-likeness (QED) is 0.640. The number of carboxylic acid groups (broad SMARTS) is 1. The Morgan fingerprint density at radius 1 is 1.77 bits per heavy atom. The Bertz CT molecular complexity index is 342. The van der Waals surface area contributed by atoms with Crippen LogP contribution in [0.5, 0.6) is 0 Å². The van der Waals surface area contributed by atoms with Gasteiger partial charge in [-0.3, -0.25) is 4.99 Å². The van der Waals surface area contributed by atoms with Gasteiger partial charge < -0.3 is 10.0 Å². The zero-order chi connectivity index (χ0) is 9.42. The molecule has 0 fully saturated rings. The standard InChI is InChI=1S/C9H10N2O2/c1-6-5-10-8-4-7(9(12)13)2-3-11(6)8/h2-4,6H,5H2,1H3,(H,12,13). The van der Waals surface area contributed by atoms with Gasteiger partial charge in [-0.2, -0.15) is 0 Å². The normalized spacial score (nSPS) is 25.3. The first-order chi connectivity index (χ1) is 6.18. The topological polar surface area (TPSA) is 52.9 Å². The van der Waals surface area contributed by atoms with Crippen molar-refractivity contribution < 1.29 is 9.90 Å². The lowest BCUT2D eigenvalue weighted by Gasteiger charge is -2.22. The Labute approximate surface area is 75.9 Å². The number of carbonyl (C=O) groups is 1. The molecule has 0 saturated carbocycles. The van der Waals surface area contributed by atoms with E-state index in [4.69, 9.17) is 5.11 Å². The molecule has 2 heterocycles. The Kier molecular flexibility index (Phi) is 1.69. The van der Waals surface area contributed by atoms with Gasteiger partial charge in [0.25, 0.3) is 0 Å². The van der Waals surface area contributed by atoms with Crippen LogP contribution >= 0.6 is 0 Å². The average Bonchev–Trinajstić information content (AvgIpc) is 2.47. The van der Waals surface area contributed by atoms with Crippen molar-refractivity contribution in [3.8, 4) is 0 Å².